The topological polar surface area (TPSA) is 74.8 Å². The fourth-order valence-corrected chi connectivity index (χ4v) is 2.88. The molecule has 2 amide bonds. The van der Waals surface area contributed by atoms with Gasteiger partial charge in [-0.1, -0.05) is 6.07 Å². The van der Waals surface area contributed by atoms with Crippen molar-refractivity contribution in [1.29, 1.82) is 0 Å². The molecule has 0 aromatic carbocycles. The number of pyridine rings is 1. The lowest BCUT2D eigenvalue weighted by Crippen LogP contribution is -2.35. The molecule has 0 saturated heterocycles. The Labute approximate surface area is 149 Å². The highest BCUT2D eigenvalue weighted by Gasteiger charge is 2.14. The molecule has 0 saturated carbocycles. The van der Waals surface area contributed by atoms with Crippen LogP contribution in [0, 0.1) is 0 Å². The van der Waals surface area contributed by atoms with Gasteiger partial charge in [-0.25, -0.2) is 10.0 Å². The molecular formula is C18H28N4O3. The van der Waals surface area contributed by atoms with E-state index in [9.17, 15) is 9.59 Å². The minimum atomic E-state index is -0.142. The van der Waals surface area contributed by atoms with Gasteiger partial charge in [-0.3, -0.25) is 14.4 Å². The number of hydrogen-bond acceptors (Lipinski definition) is 5. The second kappa shape index (κ2) is 9.36. The normalized spacial score (nSPS) is 12.9. The number of rotatable bonds is 8. The van der Waals surface area contributed by atoms with Crippen LogP contribution in [0.3, 0.4) is 0 Å². The van der Waals surface area contributed by atoms with Crippen molar-refractivity contribution < 1.29 is 14.4 Å². The van der Waals surface area contributed by atoms with E-state index in [1.165, 1.54) is 24.7 Å². The number of nitrogens with zero attached hydrogens (tertiary/aromatic N) is 3. The van der Waals surface area contributed by atoms with Crippen molar-refractivity contribution in [2.75, 3.05) is 39.1 Å². The van der Waals surface area contributed by atoms with Crippen molar-refractivity contribution in [1.82, 2.24) is 14.9 Å². The highest BCUT2D eigenvalue weighted by atomic mass is 16.7. The maximum atomic E-state index is 11.8. The molecule has 1 N–H and O–H groups in total. The summed E-state index contributed by atoms with van der Waals surface area (Å²) >= 11 is 0. The Kier molecular flexibility index (Phi) is 7.18. The maximum absolute atomic E-state index is 11.8. The first-order valence-electron chi connectivity index (χ1n) is 8.80. The molecule has 0 bridgehead atoms. The molecule has 2 heterocycles. The average Bonchev–Trinajstić information content (AvgIpc) is 2.63. The summed E-state index contributed by atoms with van der Waals surface area (Å²) in [5.41, 5.74) is 2.31. The number of nitrogens with one attached hydrogen (secondary N) is 1. The van der Waals surface area contributed by atoms with Crippen LogP contribution < -0.4 is 5.32 Å². The van der Waals surface area contributed by atoms with Crippen LogP contribution in [0.15, 0.2) is 12.1 Å². The number of fused-ring (bicyclic) bond motifs is 1. The predicted octanol–water partition coefficient (Wildman–Crippen LogP) is 1.63. The molecule has 7 heteroatoms. The number of carbonyl (C=O) groups excluding carboxylic acids is 2. The van der Waals surface area contributed by atoms with E-state index < -0.39 is 0 Å². The van der Waals surface area contributed by atoms with Gasteiger partial charge in [0.25, 0.3) is 0 Å². The summed E-state index contributed by atoms with van der Waals surface area (Å²) in [4.78, 5) is 34.8. The summed E-state index contributed by atoms with van der Waals surface area (Å²) in [6, 6.07) is 4.22. The van der Waals surface area contributed by atoms with Gasteiger partial charge in [0.05, 0.1) is 7.11 Å². The zero-order valence-corrected chi connectivity index (χ0v) is 15.4. The van der Waals surface area contributed by atoms with Crippen LogP contribution in [-0.2, 0) is 27.3 Å². The molecular weight excluding hydrogens is 320 g/mol. The first-order valence-corrected chi connectivity index (χ1v) is 8.80. The zero-order valence-electron chi connectivity index (χ0n) is 15.4. The van der Waals surface area contributed by atoms with E-state index in [0.717, 1.165) is 43.7 Å². The number of hydroxylamine groups is 2. The SMILES string of the molecule is CON(C)C(=O)CCN(CCCc1ccc2c(n1)NCCC2)C(C)=O. The van der Waals surface area contributed by atoms with Crippen LogP contribution >= 0.6 is 0 Å². The van der Waals surface area contributed by atoms with Gasteiger partial charge in [0.15, 0.2) is 0 Å². The van der Waals surface area contributed by atoms with E-state index in [1.807, 2.05) is 0 Å². The van der Waals surface area contributed by atoms with Crippen LogP contribution in [0.1, 0.15) is 37.4 Å². The highest BCUT2D eigenvalue weighted by molar-refractivity contribution is 5.77. The quantitative estimate of drug-likeness (QED) is 0.723. The van der Waals surface area contributed by atoms with Gasteiger partial charge < -0.3 is 10.2 Å². The van der Waals surface area contributed by atoms with E-state index >= 15 is 0 Å². The van der Waals surface area contributed by atoms with Crippen molar-refractivity contribution in [3.8, 4) is 0 Å². The number of amides is 2. The summed E-state index contributed by atoms with van der Waals surface area (Å²) < 4.78 is 0. The van der Waals surface area contributed by atoms with Crippen LogP contribution in [0.25, 0.3) is 0 Å². The van der Waals surface area contributed by atoms with Crippen molar-refractivity contribution in [3.63, 3.8) is 0 Å². The molecule has 7 nitrogen and oxygen atoms in total. The number of carbonyl (C=O) groups is 2. The molecule has 1 aliphatic rings. The first-order chi connectivity index (χ1) is 12.0. The first kappa shape index (κ1) is 19.2. The van der Waals surface area contributed by atoms with Gasteiger partial charge in [-0.2, -0.15) is 0 Å². The number of aromatic nitrogens is 1. The molecule has 0 atom stereocenters. The molecule has 25 heavy (non-hydrogen) atoms. The molecule has 0 spiro atoms. The lowest BCUT2D eigenvalue weighted by atomic mass is 10.1. The third-order valence-electron chi connectivity index (χ3n) is 4.48. The molecule has 138 valence electrons. The Morgan fingerprint density at radius 2 is 2.12 bits per heavy atom. The molecule has 2 rings (SSSR count). The van der Waals surface area contributed by atoms with Crippen LogP contribution in [-0.4, -0.2) is 60.6 Å². The fraction of sp³-hybridized carbons (Fsp3) is 0.611. The summed E-state index contributed by atoms with van der Waals surface area (Å²) in [6.07, 6.45) is 4.12. The summed E-state index contributed by atoms with van der Waals surface area (Å²) in [5, 5.41) is 4.52. The van der Waals surface area contributed by atoms with E-state index in [2.05, 4.69) is 22.4 Å². The minimum absolute atomic E-state index is 0.0204. The number of aryl methyl sites for hydroxylation is 2. The highest BCUT2D eigenvalue weighted by Crippen LogP contribution is 2.20. The molecule has 0 fully saturated rings. The van der Waals surface area contributed by atoms with Crippen LogP contribution in [0.4, 0.5) is 5.82 Å². The third kappa shape index (κ3) is 5.70. The summed E-state index contributed by atoms with van der Waals surface area (Å²) in [7, 11) is 3.01. The molecule has 0 radical (unpaired) electrons. The van der Waals surface area contributed by atoms with Gasteiger partial charge in [-0.05, 0) is 37.3 Å². The number of anilines is 1. The molecule has 1 aromatic rings. The van der Waals surface area contributed by atoms with Gasteiger partial charge >= 0.3 is 0 Å². The van der Waals surface area contributed by atoms with Gasteiger partial charge in [-0.15, -0.1) is 0 Å². The largest absolute Gasteiger partial charge is 0.370 e. The van der Waals surface area contributed by atoms with Crippen LogP contribution in [0.2, 0.25) is 0 Å². The average molecular weight is 348 g/mol. The maximum Gasteiger partial charge on any atom is 0.247 e. The standard InChI is InChI=1S/C18H28N4O3/c1-14(23)22(13-10-17(24)21(2)25-3)12-5-7-16-9-8-15-6-4-11-19-18(15)20-16/h8-9H,4-7,10-13H2,1-3H3,(H,19,20). The van der Waals surface area contributed by atoms with E-state index in [1.54, 1.807) is 11.9 Å². The summed E-state index contributed by atoms with van der Waals surface area (Å²) in [5.74, 6) is 0.837. The van der Waals surface area contributed by atoms with Crippen LogP contribution in [0.5, 0.6) is 0 Å². The number of hydrogen-bond donors (Lipinski definition) is 1. The Morgan fingerprint density at radius 1 is 1.32 bits per heavy atom. The van der Waals surface area contributed by atoms with Crippen molar-refractivity contribution in [2.24, 2.45) is 0 Å². The minimum Gasteiger partial charge on any atom is -0.370 e. The molecule has 0 unspecified atom stereocenters. The monoisotopic (exact) mass is 348 g/mol. The van der Waals surface area contributed by atoms with Crippen molar-refractivity contribution >= 4 is 17.6 Å². The Balaban J connectivity index is 1.81. The lowest BCUT2D eigenvalue weighted by molar-refractivity contribution is -0.169. The smallest absolute Gasteiger partial charge is 0.247 e. The Hall–Kier alpha value is -2.15. The van der Waals surface area contributed by atoms with Crippen molar-refractivity contribution in [2.45, 2.75) is 39.0 Å². The second-order valence-corrected chi connectivity index (χ2v) is 6.27. The Morgan fingerprint density at radius 3 is 2.84 bits per heavy atom. The van der Waals surface area contributed by atoms with E-state index in [4.69, 9.17) is 4.84 Å². The Bertz CT molecular complexity index is 606. The van der Waals surface area contributed by atoms with Gasteiger partial charge in [0, 0.05) is 45.7 Å². The second-order valence-electron chi connectivity index (χ2n) is 6.27. The third-order valence-corrected chi connectivity index (χ3v) is 4.48. The predicted molar refractivity (Wildman–Crippen MR) is 96.0 cm³/mol. The fourth-order valence-electron chi connectivity index (χ4n) is 2.88. The van der Waals surface area contributed by atoms with Crippen molar-refractivity contribution in [3.05, 3.63) is 23.4 Å². The molecule has 1 aliphatic heterocycles. The van der Waals surface area contributed by atoms with Gasteiger partial charge in [0.1, 0.15) is 5.82 Å². The van der Waals surface area contributed by atoms with Gasteiger partial charge in [0.2, 0.25) is 11.8 Å². The van der Waals surface area contributed by atoms with E-state index in [-0.39, 0.29) is 18.2 Å². The summed E-state index contributed by atoms with van der Waals surface area (Å²) in [6.45, 7) is 3.53. The lowest BCUT2D eigenvalue weighted by Gasteiger charge is -2.22. The zero-order chi connectivity index (χ0) is 18.2. The molecule has 1 aromatic heterocycles. The molecule has 0 aliphatic carbocycles. The van der Waals surface area contributed by atoms with E-state index in [0.29, 0.717) is 13.1 Å².